The topological polar surface area (TPSA) is 228 Å². The third-order valence-electron chi connectivity index (χ3n) is 4.41. The normalized spacial score (nSPS) is 11.8. The summed E-state index contributed by atoms with van der Waals surface area (Å²) >= 11 is 0. The van der Waals surface area contributed by atoms with E-state index >= 15 is 0 Å². The van der Waals surface area contributed by atoms with Crippen molar-refractivity contribution < 1.29 is 103 Å². The van der Waals surface area contributed by atoms with E-state index in [-0.39, 0.29) is 104 Å². The quantitative estimate of drug-likeness (QED) is 0.161. The van der Waals surface area contributed by atoms with E-state index < -0.39 is 33.2 Å². The number of phosphoric acid groups is 2. The van der Waals surface area contributed by atoms with Gasteiger partial charge in [-0.15, -0.1) is 0 Å². The smallest absolute Gasteiger partial charge is 0.404 e. The van der Waals surface area contributed by atoms with Crippen molar-refractivity contribution >= 4 is 21.6 Å². The van der Waals surface area contributed by atoms with Crippen molar-refractivity contribution in [1.82, 2.24) is 20.6 Å². The Morgan fingerprint density at radius 3 is 2.17 bits per heavy atom. The number of rotatable bonds is 9. The van der Waals surface area contributed by atoms with Crippen LogP contribution in [0.3, 0.4) is 0 Å². The van der Waals surface area contributed by atoms with E-state index in [2.05, 4.69) is 20.6 Å². The van der Waals surface area contributed by atoms with E-state index in [4.69, 9.17) is 18.1 Å². The second-order valence-corrected chi connectivity index (χ2v) is 9.76. The first-order valence-corrected chi connectivity index (χ1v) is 13.0. The number of nitrogens with zero attached hydrogens (tertiary/aromatic N) is 3. The fourth-order valence-electron chi connectivity index (χ4n) is 3.10. The zero-order valence-corrected chi connectivity index (χ0v) is 24.7. The molecule has 0 aliphatic heterocycles. The van der Waals surface area contributed by atoms with Gasteiger partial charge in [0.2, 0.25) is 11.7 Å². The number of nitrogens with one attached hydrogen (secondary N) is 1. The fraction of sp³-hybridized carbons (Fsp3) is 0.333. The molecule has 0 aliphatic rings. The van der Waals surface area contributed by atoms with Gasteiger partial charge >= 0.3 is 67.0 Å². The van der Waals surface area contributed by atoms with E-state index in [0.29, 0.717) is 0 Å². The Balaban J connectivity index is 0.00000456. The Morgan fingerprint density at radius 2 is 1.67 bits per heavy atom. The third-order valence-corrected chi connectivity index (χ3v) is 5.28. The fourth-order valence-corrected chi connectivity index (χ4v) is 3.92. The number of carbonyl (C=O) groups is 1. The van der Waals surface area contributed by atoms with E-state index in [1.807, 2.05) is 0 Å². The van der Waals surface area contributed by atoms with Gasteiger partial charge in [0, 0.05) is 19.5 Å². The number of aromatic nitrogens is 3. The van der Waals surface area contributed by atoms with Crippen LogP contribution >= 0.6 is 15.6 Å². The number of carbonyl (C=O) groups excluding carboxylic acids is 1. The van der Waals surface area contributed by atoms with Crippen molar-refractivity contribution in [2.45, 2.75) is 33.6 Å². The molecule has 5 N–H and O–H groups in total. The molecule has 0 fully saturated rings. The van der Waals surface area contributed by atoms with Gasteiger partial charge in [-0.3, -0.25) is 24.4 Å². The van der Waals surface area contributed by atoms with Crippen LogP contribution < -0.4 is 65.7 Å². The van der Waals surface area contributed by atoms with Crippen LogP contribution in [0.1, 0.15) is 48.6 Å². The summed E-state index contributed by atoms with van der Waals surface area (Å²) in [6, 6.07) is 2.17. The molecule has 0 saturated carbocycles. The number of benzene rings is 1. The summed E-state index contributed by atoms with van der Waals surface area (Å²) in [6.45, 7) is 6.79. The first-order valence-electron chi connectivity index (χ1n) is 9.97. The van der Waals surface area contributed by atoms with Crippen LogP contribution in [0.25, 0.3) is 22.7 Å². The standard InChI is InChI=1S/C18H22N4O11P2.K/c1-5-19-18(23)15-14(17-20-9(4)30-22-17)16(31-21-15)11-6-10(8(2)3)12(32-34(24,25)26)7-13(11)33-35(27,28)29;/h6-8H,5H2,1-4H3,(H,19,23)(H2,24,25,26)(H2,27,28,29);/q;+1. The number of hydrogen-bond acceptors (Lipinski definition) is 10. The molecule has 2 heterocycles. The van der Waals surface area contributed by atoms with Crippen molar-refractivity contribution in [3.8, 4) is 34.2 Å². The molecule has 1 aromatic carbocycles. The summed E-state index contributed by atoms with van der Waals surface area (Å²) in [5, 5.41) is 10.1. The molecule has 3 rings (SSSR count). The second kappa shape index (κ2) is 12.0. The Bertz CT molecular complexity index is 1340. The molecular formula is C18H22KN4O11P2+. The molecule has 0 radical (unpaired) electrons. The molecule has 3 aromatic rings. The van der Waals surface area contributed by atoms with Gasteiger partial charge in [-0.25, -0.2) is 9.13 Å². The van der Waals surface area contributed by atoms with E-state index in [9.17, 15) is 33.5 Å². The molecular weight excluding hydrogens is 549 g/mol. The summed E-state index contributed by atoms with van der Waals surface area (Å²) in [5.74, 6) is -2.20. The van der Waals surface area contributed by atoms with Crippen molar-refractivity contribution in [3.05, 3.63) is 29.3 Å². The van der Waals surface area contributed by atoms with Crippen LogP contribution in [-0.4, -0.2) is 47.3 Å². The molecule has 0 spiro atoms. The Kier molecular flexibility index (Phi) is 10.2. The van der Waals surface area contributed by atoms with Crippen LogP contribution in [-0.2, 0) is 9.13 Å². The zero-order valence-electron chi connectivity index (χ0n) is 19.8. The van der Waals surface area contributed by atoms with Crippen molar-refractivity contribution in [2.75, 3.05) is 6.54 Å². The first kappa shape index (κ1) is 30.8. The minimum atomic E-state index is -5.19. The Morgan fingerprint density at radius 1 is 1.06 bits per heavy atom. The van der Waals surface area contributed by atoms with Crippen LogP contribution in [0.2, 0.25) is 0 Å². The van der Waals surface area contributed by atoms with Gasteiger partial charge in [0.05, 0.1) is 5.56 Å². The van der Waals surface area contributed by atoms with Crippen LogP contribution in [0.15, 0.2) is 21.2 Å². The minimum absolute atomic E-state index is 0. The molecule has 0 unspecified atom stereocenters. The third kappa shape index (κ3) is 7.55. The van der Waals surface area contributed by atoms with Crippen molar-refractivity contribution in [1.29, 1.82) is 0 Å². The molecule has 0 aliphatic carbocycles. The Hall–Kier alpha value is -1.42. The number of aryl methyl sites for hydroxylation is 1. The average Bonchev–Trinajstić information content (AvgIpc) is 3.31. The predicted octanol–water partition coefficient (Wildman–Crippen LogP) is -0.480. The van der Waals surface area contributed by atoms with Crippen LogP contribution in [0, 0.1) is 6.92 Å². The van der Waals surface area contributed by atoms with Gasteiger partial charge in [-0.2, -0.15) is 4.98 Å². The average molecular weight is 571 g/mol. The number of amides is 1. The molecule has 0 saturated heterocycles. The summed E-state index contributed by atoms with van der Waals surface area (Å²) in [5.41, 5.74) is -0.226. The molecule has 36 heavy (non-hydrogen) atoms. The molecule has 0 bridgehead atoms. The number of phosphoric ester groups is 2. The van der Waals surface area contributed by atoms with Crippen LogP contribution in [0.4, 0.5) is 0 Å². The molecule has 18 heteroatoms. The first-order chi connectivity index (χ1) is 16.2. The summed E-state index contributed by atoms with van der Waals surface area (Å²) in [6.07, 6.45) is 0. The Labute approximate surface area is 246 Å². The molecule has 0 atom stereocenters. The van der Waals surface area contributed by atoms with Gasteiger partial charge in [0.1, 0.15) is 17.1 Å². The zero-order chi connectivity index (χ0) is 26.1. The molecule has 1 amide bonds. The molecule has 15 nitrogen and oxygen atoms in total. The predicted molar refractivity (Wildman–Crippen MR) is 117 cm³/mol. The van der Waals surface area contributed by atoms with E-state index in [1.165, 1.54) is 13.0 Å². The maximum absolute atomic E-state index is 12.6. The minimum Gasteiger partial charge on any atom is -0.404 e. The van der Waals surface area contributed by atoms with Crippen molar-refractivity contribution in [2.24, 2.45) is 0 Å². The SMILES string of the molecule is CCNC(=O)c1noc(-c2cc(C(C)C)c(OP(=O)(O)O)cc2OP(=O)(O)O)c1-c1noc(C)n1.[K+]. The van der Waals surface area contributed by atoms with Gasteiger partial charge in [-0.05, 0) is 24.5 Å². The van der Waals surface area contributed by atoms with Gasteiger partial charge in [-0.1, -0.05) is 24.2 Å². The van der Waals surface area contributed by atoms with Crippen molar-refractivity contribution in [3.63, 3.8) is 0 Å². The maximum Gasteiger partial charge on any atom is 1.00 e. The molecule has 2 aromatic heterocycles. The molecule has 190 valence electrons. The monoisotopic (exact) mass is 571 g/mol. The van der Waals surface area contributed by atoms with Gasteiger partial charge < -0.3 is 23.4 Å². The summed E-state index contributed by atoms with van der Waals surface area (Å²) in [4.78, 5) is 54.2. The largest absolute Gasteiger partial charge is 1.00 e. The van der Waals surface area contributed by atoms with E-state index in [0.717, 1.165) is 6.07 Å². The maximum atomic E-state index is 12.6. The summed E-state index contributed by atoms with van der Waals surface area (Å²) < 4.78 is 43.0. The van der Waals surface area contributed by atoms with Gasteiger partial charge in [0.25, 0.3) is 5.91 Å². The van der Waals surface area contributed by atoms with Gasteiger partial charge in [0.15, 0.2) is 11.5 Å². The van der Waals surface area contributed by atoms with Crippen LogP contribution in [0.5, 0.6) is 11.5 Å². The van der Waals surface area contributed by atoms with E-state index in [1.54, 1.807) is 20.8 Å². The second-order valence-electron chi connectivity index (χ2n) is 7.44. The summed E-state index contributed by atoms with van der Waals surface area (Å²) in [7, 11) is -10.2. The number of hydrogen-bond donors (Lipinski definition) is 5.